The maximum atomic E-state index is 12.7. The Morgan fingerprint density at radius 1 is 1.30 bits per heavy atom. The fraction of sp³-hybridized carbons (Fsp3) is 0.211. The lowest BCUT2D eigenvalue weighted by molar-refractivity contribution is -0.122. The number of phenols is 1. The summed E-state index contributed by atoms with van der Waals surface area (Å²) in [6.45, 7) is 2.40. The Morgan fingerprint density at radius 2 is 2.00 bits per heavy atom. The molecule has 1 aliphatic rings. The number of likely N-dealkylation sites (N-methyl/N-ethyl adjacent to an activating group) is 1. The number of hydrogen-bond acceptors (Lipinski definition) is 7. The van der Waals surface area contributed by atoms with Crippen molar-refractivity contribution in [1.82, 2.24) is 9.88 Å². The number of carbonyl (C=O) groups excluding carboxylic acids is 1. The monoisotopic (exact) mass is 385 g/mol. The zero-order chi connectivity index (χ0) is 19.4. The van der Waals surface area contributed by atoms with Crippen molar-refractivity contribution in [3.8, 4) is 17.2 Å². The number of methoxy groups -OCH3 is 2. The van der Waals surface area contributed by atoms with Gasteiger partial charge in [-0.3, -0.25) is 14.7 Å². The summed E-state index contributed by atoms with van der Waals surface area (Å²) in [7, 11) is 2.91. The van der Waals surface area contributed by atoms with Crippen LogP contribution >= 0.6 is 11.8 Å². The van der Waals surface area contributed by atoms with Gasteiger partial charge in [0.15, 0.2) is 16.7 Å². The van der Waals surface area contributed by atoms with Crippen molar-refractivity contribution in [3.63, 3.8) is 0 Å². The number of aliphatic imine (C=N–C) groups is 1. The number of ether oxygens (including phenoxy) is 2. The van der Waals surface area contributed by atoms with Crippen LogP contribution in [0.4, 0.5) is 5.69 Å². The highest BCUT2D eigenvalue weighted by Crippen LogP contribution is 2.39. The second-order valence-corrected chi connectivity index (χ2v) is 6.55. The summed E-state index contributed by atoms with van der Waals surface area (Å²) in [4.78, 5) is 23.4. The first-order valence-electron chi connectivity index (χ1n) is 8.22. The molecule has 7 nitrogen and oxygen atoms in total. The van der Waals surface area contributed by atoms with E-state index in [0.29, 0.717) is 27.9 Å². The van der Waals surface area contributed by atoms with Crippen molar-refractivity contribution in [2.45, 2.75) is 6.92 Å². The standard InChI is InChI=1S/C19H19N3O4S/c1-4-22-18(24)16(27-19(22)21-13-6-5-7-20-11-13)10-12-8-14(25-2)17(23)15(9-12)26-3/h5-11,23H,4H2,1-3H3/b16-10-,21-19?. The molecule has 140 valence electrons. The van der Waals surface area contributed by atoms with E-state index in [4.69, 9.17) is 9.47 Å². The van der Waals surface area contributed by atoms with Gasteiger partial charge in [0.2, 0.25) is 5.75 Å². The van der Waals surface area contributed by atoms with E-state index in [1.54, 1.807) is 41.6 Å². The summed E-state index contributed by atoms with van der Waals surface area (Å²) in [5, 5.41) is 10.6. The Kier molecular flexibility index (Phi) is 5.66. The smallest absolute Gasteiger partial charge is 0.266 e. The minimum Gasteiger partial charge on any atom is -0.502 e. The Hall–Kier alpha value is -3.00. The van der Waals surface area contributed by atoms with E-state index >= 15 is 0 Å². The van der Waals surface area contributed by atoms with Crippen LogP contribution in [0.5, 0.6) is 17.2 Å². The normalized spacial score (nSPS) is 17.0. The Bertz CT molecular complexity index is 887. The van der Waals surface area contributed by atoms with Crippen LogP contribution in [0.25, 0.3) is 6.08 Å². The van der Waals surface area contributed by atoms with Crippen LogP contribution < -0.4 is 9.47 Å². The zero-order valence-corrected chi connectivity index (χ0v) is 16.0. The minimum atomic E-state index is -0.129. The first kappa shape index (κ1) is 18.8. The second kappa shape index (κ2) is 8.13. The maximum Gasteiger partial charge on any atom is 0.266 e. The summed E-state index contributed by atoms with van der Waals surface area (Å²) >= 11 is 1.29. The second-order valence-electron chi connectivity index (χ2n) is 5.54. The lowest BCUT2D eigenvalue weighted by Gasteiger charge is -2.12. The molecule has 0 aliphatic carbocycles. The van der Waals surface area contributed by atoms with Crippen LogP contribution in [0.3, 0.4) is 0 Å². The highest BCUT2D eigenvalue weighted by Gasteiger charge is 2.32. The molecule has 3 rings (SSSR count). The molecular formula is C19H19N3O4S. The van der Waals surface area contributed by atoms with Crippen LogP contribution in [0.1, 0.15) is 12.5 Å². The first-order valence-corrected chi connectivity index (χ1v) is 9.04. The summed E-state index contributed by atoms with van der Waals surface area (Å²) < 4.78 is 10.3. The number of phenolic OH excluding ortho intramolecular Hbond substituents is 1. The van der Waals surface area contributed by atoms with Gasteiger partial charge >= 0.3 is 0 Å². The molecule has 8 heteroatoms. The Labute approximate surface area is 161 Å². The molecule has 1 saturated heterocycles. The number of aromatic hydroxyl groups is 1. The Morgan fingerprint density at radius 3 is 2.56 bits per heavy atom. The van der Waals surface area contributed by atoms with Gasteiger partial charge in [0.05, 0.1) is 31.0 Å². The zero-order valence-electron chi connectivity index (χ0n) is 15.2. The van der Waals surface area contributed by atoms with E-state index in [9.17, 15) is 9.90 Å². The third kappa shape index (κ3) is 3.90. The SMILES string of the molecule is CCN1C(=O)/C(=C/c2cc(OC)c(O)c(OC)c2)SC1=Nc1cccnc1. The number of benzene rings is 1. The number of aromatic nitrogens is 1. The molecule has 27 heavy (non-hydrogen) atoms. The maximum absolute atomic E-state index is 12.7. The van der Waals surface area contributed by atoms with Gasteiger partial charge in [-0.15, -0.1) is 0 Å². The molecule has 0 atom stereocenters. The first-order chi connectivity index (χ1) is 13.1. The predicted molar refractivity (Wildman–Crippen MR) is 105 cm³/mol. The van der Waals surface area contributed by atoms with Crippen molar-refractivity contribution in [2.75, 3.05) is 20.8 Å². The van der Waals surface area contributed by atoms with Gasteiger partial charge in [0.1, 0.15) is 0 Å². The lowest BCUT2D eigenvalue weighted by Crippen LogP contribution is -2.28. The van der Waals surface area contributed by atoms with Crippen LogP contribution in [-0.2, 0) is 4.79 Å². The predicted octanol–water partition coefficient (Wildman–Crippen LogP) is 3.43. The number of carbonyl (C=O) groups is 1. The van der Waals surface area contributed by atoms with Gasteiger partial charge in [-0.25, -0.2) is 4.99 Å². The number of hydrogen-bond donors (Lipinski definition) is 1. The third-order valence-corrected chi connectivity index (χ3v) is 4.88. The number of amides is 1. The summed E-state index contributed by atoms with van der Waals surface area (Å²) in [6, 6.07) is 6.91. The number of thioether (sulfide) groups is 1. The van der Waals surface area contributed by atoms with Crippen LogP contribution in [0, 0.1) is 0 Å². The third-order valence-electron chi connectivity index (χ3n) is 3.87. The van der Waals surface area contributed by atoms with Gasteiger partial charge in [-0.1, -0.05) is 0 Å². The van der Waals surface area contributed by atoms with Gasteiger partial charge in [0, 0.05) is 12.7 Å². The topological polar surface area (TPSA) is 84.2 Å². The number of pyridine rings is 1. The molecule has 1 fully saturated rings. The molecule has 0 unspecified atom stereocenters. The van der Waals surface area contributed by atoms with Gasteiger partial charge in [-0.2, -0.15) is 0 Å². The molecule has 0 saturated carbocycles. The van der Waals surface area contributed by atoms with Crippen molar-refractivity contribution < 1.29 is 19.4 Å². The van der Waals surface area contributed by atoms with Crippen molar-refractivity contribution in [2.24, 2.45) is 4.99 Å². The number of rotatable bonds is 5. The van der Waals surface area contributed by atoms with Crippen LogP contribution in [-0.4, -0.2) is 46.8 Å². The lowest BCUT2D eigenvalue weighted by atomic mass is 10.1. The summed E-state index contributed by atoms with van der Waals surface area (Å²) in [5.41, 5.74) is 1.36. The fourth-order valence-electron chi connectivity index (χ4n) is 2.55. The molecular weight excluding hydrogens is 366 g/mol. The van der Waals surface area contributed by atoms with E-state index in [2.05, 4.69) is 9.98 Å². The average Bonchev–Trinajstić information content (AvgIpc) is 2.97. The Balaban J connectivity index is 1.98. The molecule has 2 heterocycles. The van der Waals surface area contributed by atoms with E-state index in [1.807, 2.05) is 13.0 Å². The largest absolute Gasteiger partial charge is 0.502 e. The molecule has 2 aromatic rings. The van der Waals surface area contributed by atoms with Crippen molar-refractivity contribution in [3.05, 3.63) is 47.1 Å². The molecule has 1 N–H and O–H groups in total. The molecule has 1 aromatic carbocycles. The van der Waals surface area contributed by atoms with Gasteiger partial charge in [0.25, 0.3) is 5.91 Å². The minimum absolute atomic E-state index is 0.0819. The molecule has 0 radical (unpaired) electrons. The number of amidine groups is 1. The molecule has 1 aliphatic heterocycles. The summed E-state index contributed by atoms with van der Waals surface area (Å²) in [6.07, 6.45) is 5.04. The van der Waals surface area contributed by atoms with Crippen LogP contribution in [0.2, 0.25) is 0 Å². The van der Waals surface area contributed by atoms with Gasteiger partial charge < -0.3 is 14.6 Å². The molecule has 0 bridgehead atoms. The van der Waals surface area contributed by atoms with E-state index < -0.39 is 0 Å². The van der Waals surface area contributed by atoms with Crippen molar-refractivity contribution >= 4 is 34.6 Å². The number of nitrogens with zero attached hydrogens (tertiary/aromatic N) is 3. The fourth-order valence-corrected chi connectivity index (χ4v) is 3.61. The quantitative estimate of drug-likeness (QED) is 0.794. The summed E-state index contributed by atoms with van der Waals surface area (Å²) in [5.74, 6) is 0.333. The molecule has 1 aromatic heterocycles. The average molecular weight is 385 g/mol. The highest BCUT2D eigenvalue weighted by molar-refractivity contribution is 8.18. The molecule has 1 amide bonds. The van der Waals surface area contributed by atoms with Crippen molar-refractivity contribution in [1.29, 1.82) is 0 Å². The van der Waals surface area contributed by atoms with Crippen LogP contribution in [0.15, 0.2) is 46.6 Å². The van der Waals surface area contributed by atoms with E-state index in [1.165, 1.54) is 26.0 Å². The van der Waals surface area contributed by atoms with E-state index in [0.717, 1.165) is 0 Å². The van der Waals surface area contributed by atoms with Gasteiger partial charge in [-0.05, 0) is 54.6 Å². The molecule has 0 spiro atoms. The highest BCUT2D eigenvalue weighted by atomic mass is 32.2. The van der Waals surface area contributed by atoms with E-state index in [-0.39, 0.29) is 23.2 Å².